The van der Waals surface area contributed by atoms with Crippen molar-refractivity contribution >= 4 is 22.9 Å². The first-order valence-electron chi connectivity index (χ1n) is 5.99. The second-order valence-electron chi connectivity index (χ2n) is 4.49. The number of benzene rings is 1. The fourth-order valence-corrected chi connectivity index (χ4v) is 2.46. The standard InChI is InChI=1S/C13H13FN4S/c14-11-7-9(1-2-10(11)13(15)19)18-6-5-17-4-3-16-12(17)8-18/h1-4,7H,5-6,8H2,(H2,15,19). The minimum atomic E-state index is -0.376. The zero-order valence-corrected chi connectivity index (χ0v) is 11.0. The summed E-state index contributed by atoms with van der Waals surface area (Å²) in [7, 11) is 0. The van der Waals surface area contributed by atoms with Crippen LogP contribution in [0.5, 0.6) is 0 Å². The Balaban J connectivity index is 1.88. The van der Waals surface area contributed by atoms with Crippen LogP contribution in [0, 0.1) is 5.82 Å². The van der Waals surface area contributed by atoms with Gasteiger partial charge in [0.2, 0.25) is 0 Å². The molecule has 0 aliphatic carbocycles. The fourth-order valence-electron chi connectivity index (χ4n) is 2.29. The number of aromatic nitrogens is 2. The molecule has 1 aromatic heterocycles. The molecule has 0 atom stereocenters. The lowest BCUT2D eigenvalue weighted by Gasteiger charge is -2.29. The molecule has 1 aliphatic rings. The second kappa shape index (κ2) is 4.62. The lowest BCUT2D eigenvalue weighted by molar-refractivity contribution is 0.557. The van der Waals surface area contributed by atoms with Crippen LogP contribution in [0.1, 0.15) is 11.4 Å². The molecule has 19 heavy (non-hydrogen) atoms. The van der Waals surface area contributed by atoms with Gasteiger partial charge in [0, 0.05) is 36.7 Å². The first-order chi connectivity index (χ1) is 9.15. The Labute approximate surface area is 115 Å². The summed E-state index contributed by atoms with van der Waals surface area (Å²) in [6, 6.07) is 4.96. The van der Waals surface area contributed by atoms with E-state index in [1.807, 2.05) is 12.3 Å². The number of fused-ring (bicyclic) bond motifs is 1. The SMILES string of the molecule is NC(=S)c1ccc(N2CCn3ccnc3C2)cc1F. The van der Waals surface area contributed by atoms with Crippen molar-refractivity contribution in [1.29, 1.82) is 0 Å². The molecule has 0 amide bonds. The molecule has 2 aromatic rings. The number of anilines is 1. The Morgan fingerprint density at radius 1 is 1.37 bits per heavy atom. The molecule has 2 heterocycles. The molecule has 0 unspecified atom stereocenters. The van der Waals surface area contributed by atoms with Gasteiger partial charge in [-0.15, -0.1) is 0 Å². The van der Waals surface area contributed by atoms with E-state index in [0.717, 1.165) is 24.6 Å². The van der Waals surface area contributed by atoms with Crippen LogP contribution in [0.25, 0.3) is 0 Å². The molecule has 4 nitrogen and oxygen atoms in total. The van der Waals surface area contributed by atoms with Gasteiger partial charge in [-0.25, -0.2) is 9.37 Å². The van der Waals surface area contributed by atoms with Crippen LogP contribution in [-0.4, -0.2) is 21.1 Å². The van der Waals surface area contributed by atoms with Gasteiger partial charge in [-0.05, 0) is 18.2 Å². The largest absolute Gasteiger partial charge is 0.389 e. The first-order valence-corrected chi connectivity index (χ1v) is 6.40. The summed E-state index contributed by atoms with van der Waals surface area (Å²) in [6.07, 6.45) is 3.75. The Morgan fingerprint density at radius 2 is 2.21 bits per heavy atom. The van der Waals surface area contributed by atoms with Crippen molar-refractivity contribution in [3.63, 3.8) is 0 Å². The molecule has 1 aromatic carbocycles. The lowest BCUT2D eigenvalue weighted by atomic mass is 10.1. The van der Waals surface area contributed by atoms with Gasteiger partial charge in [-0.1, -0.05) is 12.2 Å². The number of nitrogens with zero attached hydrogens (tertiary/aromatic N) is 3. The smallest absolute Gasteiger partial charge is 0.135 e. The van der Waals surface area contributed by atoms with Crippen molar-refractivity contribution in [2.24, 2.45) is 5.73 Å². The maximum absolute atomic E-state index is 13.9. The molecule has 0 saturated carbocycles. The number of hydrogen-bond acceptors (Lipinski definition) is 3. The van der Waals surface area contributed by atoms with Gasteiger partial charge in [-0.2, -0.15) is 0 Å². The molecule has 0 fully saturated rings. The van der Waals surface area contributed by atoms with Crippen molar-refractivity contribution in [2.45, 2.75) is 13.1 Å². The van der Waals surface area contributed by atoms with Crippen LogP contribution < -0.4 is 10.6 Å². The minimum Gasteiger partial charge on any atom is -0.389 e. The van der Waals surface area contributed by atoms with E-state index in [2.05, 4.69) is 14.5 Å². The Kier molecular flexibility index (Phi) is 2.94. The molecule has 2 N–H and O–H groups in total. The number of halogens is 1. The molecule has 1 aliphatic heterocycles. The topological polar surface area (TPSA) is 47.1 Å². The second-order valence-corrected chi connectivity index (χ2v) is 4.93. The third-order valence-electron chi connectivity index (χ3n) is 3.33. The van der Waals surface area contributed by atoms with E-state index in [9.17, 15) is 4.39 Å². The van der Waals surface area contributed by atoms with E-state index < -0.39 is 0 Å². The van der Waals surface area contributed by atoms with Crippen molar-refractivity contribution in [1.82, 2.24) is 9.55 Å². The highest BCUT2D eigenvalue weighted by Gasteiger charge is 2.18. The number of imidazole rings is 1. The summed E-state index contributed by atoms with van der Waals surface area (Å²) >= 11 is 4.80. The van der Waals surface area contributed by atoms with Crippen LogP contribution in [0.2, 0.25) is 0 Å². The van der Waals surface area contributed by atoms with Crippen LogP contribution in [0.15, 0.2) is 30.6 Å². The monoisotopic (exact) mass is 276 g/mol. The average Bonchev–Trinajstić information content (AvgIpc) is 2.85. The van der Waals surface area contributed by atoms with Crippen molar-refractivity contribution in [2.75, 3.05) is 11.4 Å². The van der Waals surface area contributed by atoms with E-state index >= 15 is 0 Å². The maximum Gasteiger partial charge on any atom is 0.135 e. The summed E-state index contributed by atoms with van der Waals surface area (Å²) in [5.41, 5.74) is 6.57. The normalized spacial score (nSPS) is 14.3. The Bertz CT molecular complexity index is 637. The first kappa shape index (κ1) is 12.1. The molecule has 0 saturated heterocycles. The molecular formula is C13H13FN4S. The lowest BCUT2D eigenvalue weighted by Crippen LogP contribution is -2.33. The van der Waals surface area contributed by atoms with Crippen LogP contribution in [0.4, 0.5) is 10.1 Å². The number of thiocarbonyl (C=S) groups is 1. The average molecular weight is 276 g/mol. The van der Waals surface area contributed by atoms with Crippen LogP contribution >= 0.6 is 12.2 Å². The highest BCUT2D eigenvalue weighted by Crippen LogP contribution is 2.22. The summed E-state index contributed by atoms with van der Waals surface area (Å²) in [5.74, 6) is 0.615. The Morgan fingerprint density at radius 3 is 2.95 bits per heavy atom. The van der Waals surface area contributed by atoms with Gasteiger partial charge in [-0.3, -0.25) is 0 Å². The third kappa shape index (κ3) is 2.19. The van der Waals surface area contributed by atoms with Crippen LogP contribution in [-0.2, 0) is 13.1 Å². The minimum absolute atomic E-state index is 0.0817. The zero-order valence-electron chi connectivity index (χ0n) is 10.2. The molecule has 98 valence electrons. The quantitative estimate of drug-likeness (QED) is 0.848. The van der Waals surface area contributed by atoms with E-state index in [4.69, 9.17) is 18.0 Å². The summed E-state index contributed by atoms with van der Waals surface area (Å²) in [4.78, 5) is 6.46. The summed E-state index contributed by atoms with van der Waals surface area (Å²) in [5, 5.41) is 0. The van der Waals surface area contributed by atoms with Gasteiger partial charge in [0.1, 0.15) is 16.6 Å². The van der Waals surface area contributed by atoms with E-state index in [1.54, 1.807) is 12.3 Å². The summed E-state index contributed by atoms with van der Waals surface area (Å²) in [6.45, 7) is 2.36. The molecule has 6 heteroatoms. The van der Waals surface area contributed by atoms with Gasteiger partial charge in [0.15, 0.2) is 0 Å². The molecule has 0 radical (unpaired) electrons. The van der Waals surface area contributed by atoms with Gasteiger partial charge in [0.05, 0.1) is 6.54 Å². The highest BCUT2D eigenvalue weighted by molar-refractivity contribution is 7.80. The van der Waals surface area contributed by atoms with Crippen molar-refractivity contribution < 1.29 is 4.39 Å². The molecule has 0 spiro atoms. The van der Waals surface area contributed by atoms with Gasteiger partial charge >= 0.3 is 0 Å². The van der Waals surface area contributed by atoms with E-state index in [1.165, 1.54) is 6.07 Å². The van der Waals surface area contributed by atoms with Gasteiger partial charge in [0.25, 0.3) is 0 Å². The zero-order chi connectivity index (χ0) is 13.4. The predicted molar refractivity (Wildman–Crippen MR) is 75.6 cm³/mol. The maximum atomic E-state index is 13.9. The molecule has 3 rings (SSSR count). The third-order valence-corrected chi connectivity index (χ3v) is 3.55. The van der Waals surface area contributed by atoms with Crippen molar-refractivity contribution in [3.05, 3.63) is 47.8 Å². The number of hydrogen-bond donors (Lipinski definition) is 1. The molecular weight excluding hydrogens is 263 g/mol. The predicted octanol–water partition coefficient (Wildman–Crippen LogP) is 1.68. The Hall–Kier alpha value is -1.95. The van der Waals surface area contributed by atoms with E-state index in [-0.39, 0.29) is 16.4 Å². The number of nitrogens with two attached hydrogens (primary N) is 1. The highest BCUT2D eigenvalue weighted by atomic mass is 32.1. The van der Waals surface area contributed by atoms with Crippen molar-refractivity contribution in [3.8, 4) is 0 Å². The van der Waals surface area contributed by atoms with Crippen LogP contribution in [0.3, 0.4) is 0 Å². The van der Waals surface area contributed by atoms with Gasteiger partial charge < -0.3 is 15.2 Å². The number of rotatable bonds is 2. The summed E-state index contributed by atoms with van der Waals surface area (Å²) < 4.78 is 16.0. The van der Waals surface area contributed by atoms with E-state index in [0.29, 0.717) is 6.54 Å². The molecule has 0 bridgehead atoms. The fraction of sp³-hybridized carbons (Fsp3) is 0.231.